The van der Waals surface area contributed by atoms with Gasteiger partial charge >= 0.3 is 0 Å². The Bertz CT molecular complexity index is 2100. The van der Waals surface area contributed by atoms with Crippen LogP contribution in [0.15, 0.2) is 132 Å². The molecule has 0 fully saturated rings. The lowest BCUT2D eigenvalue weighted by molar-refractivity contribution is 0.669. The van der Waals surface area contributed by atoms with Gasteiger partial charge in [-0.1, -0.05) is 84.9 Å². The van der Waals surface area contributed by atoms with Crippen molar-refractivity contribution in [3.05, 3.63) is 127 Å². The highest BCUT2D eigenvalue weighted by atomic mass is 32.1. The first-order valence-electron chi connectivity index (χ1n) is 12.4. The molecule has 0 bridgehead atoms. The molecular formula is C34H21NOS. The van der Waals surface area contributed by atoms with Crippen LogP contribution < -0.4 is 4.90 Å². The minimum absolute atomic E-state index is 0.912. The van der Waals surface area contributed by atoms with Gasteiger partial charge in [0.05, 0.1) is 5.69 Å². The number of anilines is 3. The zero-order chi connectivity index (χ0) is 24.3. The first-order chi connectivity index (χ1) is 18.3. The third kappa shape index (κ3) is 3.11. The van der Waals surface area contributed by atoms with Gasteiger partial charge in [0, 0.05) is 42.3 Å². The maximum atomic E-state index is 6.66. The van der Waals surface area contributed by atoms with Crippen LogP contribution >= 0.6 is 11.3 Å². The van der Waals surface area contributed by atoms with Crippen molar-refractivity contribution in [1.29, 1.82) is 0 Å². The largest absolute Gasteiger partial charge is 0.454 e. The van der Waals surface area contributed by atoms with Crippen molar-refractivity contribution >= 4 is 81.3 Å². The quantitative estimate of drug-likeness (QED) is 0.244. The van der Waals surface area contributed by atoms with Crippen molar-refractivity contribution in [2.24, 2.45) is 0 Å². The first kappa shape index (κ1) is 20.6. The molecule has 0 atom stereocenters. The second-order valence-corrected chi connectivity index (χ2v) is 10.4. The summed E-state index contributed by atoms with van der Waals surface area (Å²) < 4.78 is 9.23. The summed E-state index contributed by atoms with van der Waals surface area (Å²) in [7, 11) is 0. The Morgan fingerprint density at radius 3 is 2.16 bits per heavy atom. The van der Waals surface area contributed by atoms with E-state index in [9.17, 15) is 0 Å². The molecule has 2 aromatic heterocycles. The lowest BCUT2D eigenvalue weighted by atomic mass is 10.0. The van der Waals surface area contributed by atoms with Gasteiger partial charge in [0.25, 0.3) is 0 Å². The highest BCUT2D eigenvalue weighted by Crippen LogP contribution is 2.49. The standard InChI is InChI=1S/C34H21NOS/c1-2-12-24(13-3-1)35(25-19-18-22-10-4-5-11-23(22)20-25)29-21-28-26-14-7-9-17-31(26)37-34(28)32-27-15-6-8-16-30(27)36-33(29)32/h1-21H. The highest BCUT2D eigenvalue weighted by molar-refractivity contribution is 7.26. The average Bonchev–Trinajstić information content (AvgIpc) is 3.52. The normalized spacial score (nSPS) is 11.8. The fourth-order valence-corrected chi connectivity index (χ4v) is 6.77. The van der Waals surface area contributed by atoms with Gasteiger partial charge in [-0.25, -0.2) is 0 Å². The Labute approximate surface area is 217 Å². The van der Waals surface area contributed by atoms with Gasteiger partial charge in [0.1, 0.15) is 5.58 Å². The fraction of sp³-hybridized carbons (Fsp3) is 0. The van der Waals surface area contributed by atoms with Crippen molar-refractivity contribution in [1.82, 2.24) is 0 Å². The molecule has 2 nitrogen and oxygen atoms in total. The number of nitrogens with zero attached hydrogens (tertiary/aromatic N) is 1. The average molecular weight is 492 g/mol. The SMILES string of the molecule is c1ccc(N(c2ccc3ccccc3c2)c2cc3c4ccccc4sc3c3c2oc2ccccc23)cc1. The van der Waals surface area contributed by atoms with Crippen LogP contribution in [0.2, 0.25) is 0 Å². The first-order valence-corrected chi connectivity index (χ1v) is 13.3. The third-order valence-electron chi connectivity index (χ3n) is 7.22. The number of thiophene rings is 1. The van der Waals surface area contributed by atoms with E-state index in [0.717, 1.165) is 33.6 Å². The second kappa shape index (κ2) is 7.95. The van der Waals surface area contributed by atoms with Gasteiger partial charge in [-0.3, -0.25) is 0 Å². The summed E-state index contributed by atoms with van der Waals surface area (Å²) in [6.07, 6.45) is 0. The van der Waals surface area contributed by atoms with Crippen LogP contribution in [0.3, 0.4) is 0 Å². The van der Waals surface area contributed by atoms with Crippen LogP contribution in [0.5, 0.6) is 0 Å². The fourth-order valence-electron chi connectivity index (χ4n) is 5.53. The van der Waals surface area contributed by atoms with Crippen LogP contribution in [0.25, 0.3) is 52.9 Å². The molecule has 0 amide bonds. The molecule has 6 aromatic carbocycles. The number of benzene rings is 6. The molecule has 0 radical (unpaired) electrons. The zero-order valence-corrected chi connectivity index (χ0v) is 20.7. The molecule has 0 saturated carbocycles. The van der Waals surface area contributed by atoms with Crippen LogP contribution in [0.4, 0.5) is 17.1 Å². The Morgan fingerprint density at radius 1 is 0.541 bits per heavy atom. The molecular weight excluding hydrogens is 470 g/mol. The van der Waals surface area contributed by atoms with E-state index < -0.39 is 0 Å². The zero-order valence-electron chi connectivity index (χ0n) is 19.9. The lowest BCUT2D eigenvalue weighted by Gasteiger charge is -2.26. The maximum Gasteiger partial charge on any atom is 0.160 e. The number of para-hydroxylation sites is 2. The number of rotatable bonds is 3. The number of hydrogen-bond acceptors (Lipinski definition) is 3. The molecule has 37 heavy (non-hydrogen) atoms. The van der Waals surface area contributed by atoms with Crippen molar-refractivity contribution < 1.29 is 4.42 Å². The van der Waals surface area contributed by atoms with E-state index in [4.69, 9.17) is 4.42 Å². The van der Waals surface area contributed by atoms with E-state index in [2.05, 4.69) is 126 Å². The molecule has 3 heteroatoms. The van der Waals surface area contributed by atoms with Crippen molar-refractivity contribution in [2.45, 2.75) is 0 Å². The lowest BCUT2D eigenvalue weighted by Crippen LogP contribution is -2.10. The smallest absolute Gasteiger partial charge is 0.160 e. The van der Waals surface area contributed by atoms with E-state index in [1.54, 1.807) is 0 Å². The van der Waals surface area contributed by atoms with Gasteiger partial charge in [-0.05, 0) is 53.2 Å². The molecule has 174 valence electrons. The monoisotopic (exact) mass is 491 g/mol. The molecule has 2 heterocycles. The van der Waals surface area contributed by atoms with Crippen LogP contribution in [-0.2, 0) is 0 Å². The molecule has 0 aliphatic heterocycles. The Balaban J connectivity index is 1.54. The van der Waals surface area contributed by atoms with E-state index in [0.29, 0.717) is 0 Å². The molecule has 0 aliphatic carbocycles. The van der Waals surface area contributed by atoms with E-state index in [1.807, 2.05) is 17.4 Å². The van der Waals surface area contributed by atoms with Gasteiger partial charge in [0.15, 0.2) is 5.58 Å². The molecule has 8 aromatic rings. The van der Waals surface area contributed by atoms with Gasteiger partial charge in [0.2, 0.25) is 0 Å². The predicted molar refractivity (Wildman–Crippen MR) is 159 cm³/mol. The Kier molecular flexibility index (Phi) is 4.42. The van der Waals surface area contributed by atoms with Crippen molar-refractivity contribution in [2.75, 3.05) is 4.90 Å². The predicted octanol–water partition coefficient (Wildman–Crippen LogP) is 10.6. The number of hydrogen-bond donors (Lipinski definition) is 0. The molecule has 0 N–H and O–H groups in total. The summed E-state index contributed by atoms with van der Waals surface area (Å²) in [6, 6.07) is 45.2. The molecule has 0 saturated heterocycles. The maximum absolute atomic E-state index is 6.66. The Morgan fingerprint density at radius 2 is 1.27 bits per heavy atom. The Hall–Kier alpha value is -4.60. The van der Waals surface area contributed by atoms with Gasteiger partial charge in [-0.15, -0.1) is 11.3 Å². The summed E-state index contributed by atoms with van der Waals surface area (Å²) in [5.74, 6) is 0. The van der Waals surface area contributed by atoms with E-state index in [-0.39, 0.29) is 0 Å². The molecule has 0 unspecified atom stereocenters. The van der Waals surface area contributed by atoms with Crippen LogP contribution in [0.1, 0.15) is 0 Å². The summed E-state index contributed by atoms with van der Waals surface area (Å²) in [4.78, 5) is 2.34. The summed E-state index contributed by atoms with van der Waals surface area (Å²) in [5.41, 5.74) is 5.07. The minimum atomic E-state index is 0.912. The summed E-state index contributed by atoms with van der Waals surface area (Å²) >= 11 is 1.85. The van der Waals surface area contributed by atoms with Gasteiger partial charge in [-0.2, -0.15) is 0 Å². The minimum Gasteiger partial charge on any atom is -0.454 e. The molecule has 0 spiro atoms. The van der Waals surface area contributed by atoms with Crippen LogP contribution in [0, 0.1) is 0 Å². The molecule has 8 rings (SSSR count). The third-order valence-corrected chi connectivity index (χ3v) is 8.42. The number of furan rings is 1. The molecule has 0 aliphatic rings. The van der Waals surface area contributed by atoms with Gasteiger partial charge < -0.3 is 9.32 Å². The number of fused-ring (bicyclic) bond motifs is 8. The van der Waals surface area contributed by atoms with E-state index in [1.165, 1.54) is 36.3 Å². The van der Waals surface area contributed by atoms with Crippen molar-refractivity contribution in [3.8, 4) is 0 Å². The van der Waals surface area contributed by atoms with E-state index >= 15 is 0 Å². The van der Waals surface area contributed by atoms with Crippen molar-refractivity contribution in [3.63, 3.8) is 0 Å². The summed E-state index contributed by atoms with van der Waals surface area (Å²) in [6.45, 7) is 0. The van der Waals surface area contributed by atoms with Crippen LogP contribution in [-0.4, -0.2) is 0 Å². The second-order valence-electron chi connectivity index (χ2n) is 9.38. The topological polar surface area (TPSA) is 16.4 Å². The summed E-state index contributed by atoms with van der Waals surface area (Å²) in [5, 5.41) is 7.32. The highest BCUT2D eigenvalue weighted by Gasteiger charge is 2.23.